The third kappa shape index (κ3) is 7.97. The predicted octanol–water partition coefficient (Wildman–Crippen LogP) is 4.11. The standard InChI is InChI=1S/C44H58N4O11/c1-21-13-11-14-22(2)42(55)45-34-33-32(46-44(47-33)16-12-18-48(9)19-17-44)29-30(38(34)53)37(52)26(6)40-31(29)41(54)43(8,59-40)57-20-15-28(56-10)23(3)39(58-27(7)49)25(5)36(51)24(4)35(21)50/h11,13-15,20-21,23-25,28,35-36,39,46,50-53H,12,16-19H2,1-10H3/b13-11+,20-15+,22-14-,45-34?/t21-,23+,24+,25+,28-,35-,36+,39+,43-,44-/m0/s1. The van der Waals surface area contributed by atoms with E-state index in [4.69, 9.17) is 23.9 Å². The number of nitrogens with one attached hydrogen (secondary N) is 1. The number of ketones is 1. The third-order valence-corrected chi connectivity index (χ3v) is 12.6. The number of hydrogen-bond acceptors (Lipinski definition) is 14. The van der Waals surface area contributed by atoms with Crippen LogP contribution in [-0.4, -0.2) is 106 Å². The lowest BCUT2D eigenvalue weighted by Gasteiger charge is -2.38. The molecule has 0 aromatic heterocycles. The molecule has 5 N–H and O–H groups in total. The summed E-state index contributed by atoms with van der Waals surface area (Å²) in [5.41, 5.74) is -0.120. The lowest BCUT2D eigenvalue weighted by Crippen LogP contribution is -2.46. The zero-order valence-corrected chi connectivity index (χ0v) is 35.5. The molecule has 1 amide bonds. The van der Waals surface area contributed by atoms with E-state index in [1.807, 2.05) is 7.05 Å². The Labute approximate surface area is 344 Å². The lowest BCUT2D eigenvalue weighted by molar-refractivity contribution is -0.160. The number of hydrogen-bond donors (Lipinski definition) is 5. The number of phenols is 2. The van der Waals surface area contributed by atoms with Gasteiger partial charge in [-0.3, -0.25) is 19.4 Å². The number of benzene rings is 2. The minimum atomic E-state index is -1.95. The lowest BCUT2D eigenvalue weighted by atomic mass is 9.78. The van der Waals surface area contributed by atoms with Gasteiger partial charge in [0.1, 0.15) is 34.0 Å². The van der Waals surface area contributed by atoms with Gasteiger partial charge in [-0.15, -0.1) is 0 Å². The Morgan fingerprint density at radius 1 is 0.966 bits per heavy atom. The number of carbonyl (C=O) groups excluding carboxylic acids is 3. The molecule has 0 radical (unpaired) electrons. The summed E-state index contributed by atoms with van der Waals surface area (Å²) in [4.78, 5) is 52.6. The van der Waals surface area contributed by atoms with E-state index in [2.05, 4.69) is 15.2 Å². The van der Waals surface area contributed by atoms with Gasteiger partial charge in [0.05, 0.1) is 41.2 Å². The molecule has 59 heavy (non-hydrogen) atoms. The first-order valence-corrected chi connectivity index (χ1v) is 20.3. The highest BCUT2D eigenvalue weighted by Gasteiger charge is 2.50. The summed E-state index contributed by atoms with van der Waals surface area (Å²) in [5, 5.41) is 50.4. The largest absolute Gasteiger partial charge is 0.507 e. The summed E-state index contributed by atoms with van der Waals surface area (Å²) >= 11 is 0. The minimum Gasteiger partial charge on any atom is -0.507 e. The van der Waals surface area contributed by atoms with Crippen molar-refractivity contribution in [2.75, 3.05) is 32.6 Å². The van der Waals surface area contributed by atoms with E-state index in [9.17, 15) is 34.8 Å². The van der Waals surface area contributed by atoms with Gasteiger partial charge in [0.2, 0.25) is 0 Å². The number of likely N-dealkylation sites (tertiary alicyclic amines) is 1. The van der Waals surface area contributed by atoms with Crippen LogP contribution in [0.4, 0.5) is 5.69 Å². The van der Waals surface area contributed by atoms with Crippen molar-refractivity contribution in [2.45, 2.75) is 111 Å². The molecule has 6 rings (SSSR count). The fourth-order valence-electron chi connectivity index (χ4n) is 8.87. The number of Topliss-reactive ketones (excluding diaryl/α,β-unsaturated/α-hetero) is 1. The number of carbonyl (C=O) groups is 3. The van der Waals surface area contributed by atoms with E-state index in [1.54, 1.807) is 59.8 Å². The molecule has 0 aliphatic carbocycles. The molecule has 0 unspecified atom stereocenters. The first-order chi connectivity index (χ1) is 27.8. The molecule has 10 atom stereocenters. The molecule has 4 heterocycles. The highest BCUT2D eigenvalue weighted by atomic mass is 16.7. The Bertz CT molecular complexity index is 2250. The predicted molar refractivity (Wildman–Crippen MR) is 219 cm³/mol. The van der Waals surface area contributed by atoms with Gasteiger partial charge in [-0.05, 0) is 46.4 Å². The summed E-state index contributed by atoms with van der Waals surface area (Å²) in [6.45, 7) is 14.4. The van der Waals surface area contributed by atoms with Crippen LogP contribution in [0.25, 0.3) is 10.8 Å². The van der Waals surface area contributed by atoms with Crippen LogP contribution >= 0.6 is 0 Å². The van der Waals surface area contributed by atoms with Crippen LogP contribution in [-0.2, 0) is 23.8 Å². The summed E-state index contributed by atoms with van der Waals surface area (Å²) in [5.74, 6) is -7.03. The zero-order valence-electron chi connectivity index (χ0n) is 35.5. The normalized spacial score (nSPS) is 35.1. The van der Waals surface area contributed by atoms with Gasteiger partial charge in [0, 0.05) is 74.1 Å². The summed E-state index contributed by atoms with van der Waals surface area (Å²) in [6, 6.07) is 0. The van der Waals surface area contributed by atoms with Gasteiger partial charge in [0.15, 0.2) is 5.75 Å². The van der Waals surface area contributed by atoms with Crippen LogP contribution in [0.5, 0.6) is 17.2 Å². The molecule has 320 valence electrons. The van der Waals surface area contributed by atoms with Crippen molar-refractivity contribution >= 4 is 34.1 Å². The van der Waals surface area contributed by atoms with Crippen molar-refractivity contribution in [3.63, 3.8) is 0 Å². The monoisotopic (exact) mass is 818 g/mol. The highest BCUT2D eigenvalue weighted by Crippen LogP contribution is 2.51. The van der Waals surface area contributed by atoms with E-state index in [0.29, 0.717) is 25.1 Å². The van der Waals surface area contributed by atoms with E-state index in [1.165, 1.54) is 33.3 Å². The first kappa shape index (κ1) is 43.7. The second kappa shape index (κ2) is 16.7. The van der Waals surface area contributed by atoms with Crippen molar-refractivity contribution in [3.05, 3.63) is 58.0 Å². The van der Waals surface area contributed by atoms with Crippen molar-refractivity contribution in [2.24, 2.45) is 33.7 Å². The number of aliphatic hydroxyl groups excluding tert-OH is 2. The Kier molecular flexibility index (Phi) is 12.4. The van der Waals surface area contributed by atoms with E-state index in [0.717, 1.165) is 13.0 Å². The number of ether oxygens (including phenoxy) is 4. The SMILES string of the molecule is CO[C@H]1/C=C/O[C@@]2(C)Oc3c(C)c(O)c4c(O)c(c5c(c4c3C2=O)N[C@@]2(CCCN(C)CC2)N=5)=NC(=O)/C(C)=C\C=C\[C@H](C)[C@H](O)[C@@H](C)[C@@H](O)[C@@H](C)[C@H](OC(C)=O)[C@@H]1C. The fourth-order valence-corrected chi connectivity index (χ4v) is 8.87. The molecule has 15 heteroatoms. The Balaban J connectivity index is 1.57. The number of allylic oxidation sites excluding steroid dienone is 2. The molecule has 1 fully saturated rings. The van der Waals surface area contributed by atoms with Crippen LogP contribution in [0.3, 0.4) is 0 Å². The van der Waals surface area contributed by atoms with Crippen LogP contribution < -0.4 is 20.8 Å². The van der Waals surface area contributed by atoms with Gasteiger partial charge in [-0.1, -0.05) is 45.9 Å². The smallest absolute Gasteiger partial charge is 0.312 e. The highest BCUT2D eigenvalue weighted by molar-refractivity contribution is 6.21. The van der Waals surface area contributed by atoms with Crippen molar-refractivity contribution in [3.8, 4) is 17.2 Å². The topological polar surface area (TPSA) is 209 Å². The van der Waals surface area contributed by atoms with Crippen LogP contribution in [0.2, 0.25) is 0 Å². The van der Waals surface area contributed by atoms with Crippen molar-refractivity contribution < 1.29 is 53.8 Å². The summed E-state index contributed by atoms with van der Waals surface area (Å²) in [7, 11) is 3.49. The number of aromatic hydroxyl groups is 2. The van der Waals surface area contributed by atoms with E-state index >= 15 is 0 Å². The van der Waals surface area contributed by atoms with Gasteiger partial charge < -0.3 is 49.6 Å². The Morgan fingerprint density at radius 2 is 1.68 bits per heavy atom. The number of amides is 1. The quantitative estimate of drug-likeness (QED) is 0.214. The number of aliphatic hydroxyl groups is 2. The van der Waals surface area contributed by atoms with Crippen molar-refractivity contribution in [1.82, 2.24) is 4.90 Å². The Morgan fingerprint density at radius 3 is 2.36 bits per heavy atom. The van der Waals surface area contributed by atoms with E-state index in [-0.39, 0.29) is 49.7 Å². The van der Waals surface area contributed by atoms with Crippen LogP contribution in [0.15, 0.2) is 46.1 Å². The summed E-state index contributed by atoms with van der Waals surface area (Å²) < 4.78 is 23.9. The summed E-state index contributed by atoms with van der Waals surface area (Å²) in [6.07, 6.45) is 5.87. The average Bonchev–Trinajstić information content (AvgIpc) is 3.63. The van der Waals surface area contributed by atoms with Gasteiger partial charge in [-0.2, -0.15) is 0 Å². The molecule has 2 aromatic carbocycles. The molecule has 1 saturated heterocycles. The van der Waals surface area contributed by atoms with Crippen LogP contribution in [0, 0.1) is 30.6 Å². The maximum atomic E-state index is 14.7. The maximum absolute atomic E-state index is 14.7. The minimum absolute atomic E-state index is 0.0524. The zero-order chi connectivity index (χ0) is 43.3. The van der Waals surface area contributed by atoms with Crippen molar-refractivity contribution in [1.29, 1.82) is 0 Å². The molecule has 4 aliphatic heterocycles. The number of phenolic OH excluding ortho intramolecular Hbond substituents is 2. The molecular formula is C44H58N4O11. The second-order valence-corrected chi connectivity index (χ2v) is 16.9. The Hall–Kier alpha value is -4.83. The molecule has 1 spiro atoms. The number of fused-ring (bicyclic) bond motifs is 1. The van der Waals surface area contributed by atoms with Crippen LogP contribution in [0.1, 0.15) is 83.7 Å². The van der Waals surface area contributed by atoms with E-state index < -0.39 is 82.9 Å². The number of esters is 1. The van der Waals surface area contributed by atoms with Gasteiger partial charge in [0.25, 0.3) is 11.7 Å². The molecule has 15 nitrogen and oxygen atoms in total. The molecule has 0 saturated carbocycles. The first-order valence-electron chi connectivity index (χ1n) is 20.3. The average molecular weight is 819 g/mol. The molecular weight excluding hydrogens is 761 g/mol. The van der Waals surface area contributed by atoms with Gasteiger partial charge >= 0.3 is 11.8 Å². The van der Waals surface area contributed by atoms with Gasteiger partial charge in [-0.25, -0.2) is 4.99 Å². The second-order valence-electron chi connectivity index (χ2n) is 16.9. The number of anilines is 1. The number of methoxy groups -OCH3 is 1. The molecule has 2 aromatic rings. The molecule has 4 bridgehead atoms. The third-order valence-electron chi connectivity index (χ3n) is 12.6. The maximum Gasteiger partial charge on any atom is 0.312 e. The number of nitrogens with zero attached hydrogens (tertiary/aromatic N) is 3. The molecule has 4 aliphatic rings. The fraction of sp³-hybridized carbons (Fsp3) is 0.568. The number of rotatable bonds is 2.